The Morgan fingerprint density at radius 2 is 1.38 bits per heavy atom. The first kappa shape index (κ1) is 36.7. The highest BCUT2D eigenvalue weighted by Gasteiger charge is 2.48. The van der Waals surface area contributed by atoms with Crippen molar-refractivity contribution in [1.29, 1.82) is 0 Å². The van der Waals surface area contributed by atoms with E-state index in [1.807, 2.05) is 116 Å². The van der Waals surface area contributed by atoms with Crippen LogP contribution in [0.3, 0.4) is 0 Å². The minimum absolute atomic E-state index is 0.0629. The summed E-state index contributed by atoms with van der Waals surface area (Å²) in [5.74, 6) is 1.86. The molecule has 1 saturated heterocycles. The van der Waals surface area contributed by atoms with E-state index in [0.717, 1.165) is 27.8 Å². The largest absolute Gasteiger partial charge is 0.497 e. The fraction of sp³-hybridized carbons (Fsp3) is 0.317. The fourth-order valence-corrected chi connectivity index (χ4v) is 6.52. The van der Waals surface area contributed by atoms with Crippen LogP contribution in [0.2, 0.25) is 0 Å². The van der Waals surface area contributed by atoms with E-state index in [2.05, 4.69) is 10.3 Å². The molecule has 0 spiro atoms. The summed E-state index contributed by atoms with van der Waals surface area (Å²) in [7, 11) is 4.81. The van der Waals surface area contributed by atoms with Crippen LogP contribution in [0.15, 0.2) is 120 Å². The molecule has 1 aliphatic rings. The molecule has 0 radical (unpaired) electrons. The summed E-state index contributed by atoms with van der Waals surface area (Å²) in [6.45, 7) is 2.77. The second kappa shape index (κ2) is 17.0. The van der Waals surface area contributed by atoms with Gasteiger partial charge in [-0.1, -0.05) is 84.9 Å². The zero-order chi connectivity index (χ0) is 36.5. The first-order valence-electron chi connectivity index (χ1n) is 17.2. The Hall–Kier alpha value is -5.04. The molecule has 5 aromatic rings. The molecule has 2 N–H and O–H groups in total. The summed E-state index contributed by atoms with van der Waals surface area (Å²) in [5, 5.41) is 15.1. The topological polar surface area (TPSA) is 123 Å². The molecule has 0 saturated carbocycles. The van der Waals surface area contributed by atoms with Gasteiger partial charge in [0, 0.05) is 25.4 Å². The first-order chi connectivity index (χ1) is 25.4. The third kappa shape index (κ3) is 7.89. The molecule has 4 atom stereocenters. The van der Waals surface area contributed by atoms with Crippen LogP contribution in [0.5, 0.6) is 11.5 Å². The molecule has 1 fully saturated rings. The third-order valence-corrected chi connectivity index (χ3v) is 9.26. The Bertz CT molecular complexity index is 1870. The maximum atomic E-state index is 13.6. The lowest BCUT2D eigenvalue weighted by Gasteiger charge is -2.37. The number of aliphatic hydroxyl groups is 1. The van der Waals surface area contributed by atoms with E-state index in [4.69, 9.17) is 28.4 Å². The maximum Gasteiger partial charge on any atom is 0.351 e. The Morgan fingerprint density at radius 3 is 1.96 bits per heavy atom. The maximum absolute atomic E-state index is 13.6. The van der Waals surface area contributed by atoms with E-state index < -0.39 is 35.8 Å². The number of nitrogens with one attached hydrogen (secondary N) is 1. The lowest BCUT2D eigenvalue weighted by atomic mass is 9.80. The van der Waals surface area contributed by atoms with E-state index in [9.17, 15) is 9.90 Å². The van der Waals surface area contributed by atoms with Crippen molar-refractivity contribution in [3.05, 3.63) is 154 Å². The number of aromatic nitrogens is 2. The van der Waals surface area contributed by atoms with Gasteiger partial charge in [0.1, 0.15) is 41.2 Å². The highest BCUT2D eigenvalue weighted by atomic mass is 16.6. The van der Waals surface area contributed by atoms with E-state index in [0.29, 0.717) is 23.9 Å². The highest BCUT2D eigenvalue weighted by molar-refractivity contribution is 5.50. The lowest BCUT2D eigenvalue weighted by molar-refractivity contribution is -0.0994. The minimum Gasteiger partial charge on any atom is -0.497 e. The van der Waals surface area contributed by atoms with Gasteiger partial charge in [-0.2, -0.15) is 4.98 Å². The van der Waals surface area contributed by atoms with Crippen molar-refractivity contribution in [2.75, 3.05) is 46.5 Å². The normalized spacial score (nSPS) is 18.6. The lowest BCUT2D eigenvalue weighted by Crippen LogP contribution is -2.41. The molecule has 0 unspecified atom stereocenters. The first-order valence-corrected chi connectivity index (χ1v) is 17.2. The number of benzene rings is 4. The summed E-state index contributed by atoms with van der Waals surface area (Å²) in [6, 6.07) is 35.1. The Kier molecular flexibility index (Phi) is 12.0. The molecule has 2 heterocycles. The minimum atomic E-state index is -1.16. The fourth-order valence-electron chi connectivity index (χ4n) is 6.52. The number of anilines is 1. The van der Waals surface area contributed by atoms with Gasteiger partial charge >= 0.3 is 5.69 Å². The Morgan fingerprint density at radius 1 is 0.808 bits per heavy atom. The number of aryl methyl sites for hydroxylation is 1. The summed E-state index contributed by atoms with van der Waals surface area (Å²) < 4.78 is 37.2. The van der Waals surface area contributed by atoms with Crippen LogP contribution >= 0.6 is 0 Å². The highest BCUT2D eigenvalue weighted by Crippen LogP contribution is 2.43. The van der Waals surface area contributed by atoms with E-state index in [1.54, 1.807) is 27.5 Å². The molecule has 0 aliphatic carbocycles. The van der Waals surface area contributed by atoms with Crippen LogP contribution in [0.25, 0.3) is 0 Å². The molecule has 6 rings (SSSR count). The quantitative estimate of drug-likeness (QED) is 0.101. The van der Waals surface area contributed by atoms with Gasteiger partial charge < -0.3 is 38.8 Å². The zero-order valence-electron chi connectivity index (χ0n) is 29.8. The van der Waals surface area contributed by atoms with Crippen LogP contribution in [-0.4, -0.2) is 74.1 Å². The molecular weight excluding hydrogens is 662 g/mol. The smallest absolute Gasteiger partial charge is 0.351 e. The predicted octanol–water partition coefficient (Wildman–Crippen LogP) is 5.48. The van der Waals surface area contributed by atoms with Gasteiger partial charge in [0.05, 0.1) is 34.0 Å². The number of rotatable bonds is 16. The Labute approximate surface area is 303 Å². The standard InChI is InChI=1S/C41H45N3O8/c1-28-26-44(40(46)43-38(28)42-25-29-11-7-5-8-12-29)39-37(50-24-23-47-2)36(45)35(52-39)27-51-41(30-13-9-6-10-14-30,31-15-19-33(48-3)20-16-31)32-17-21-34(49-4)22-18-32/h5-22,26,35-37,39,45H,23-25,27H2,1-4H3,(H,42,43,46)/t35-,36-,37-,39-/m1/s1. The van der Waals surface area contributed by atoms with Gasteiger partial charge in [-0.3, -0.25) is 4.57 Å². The molecule has 11 heteroatoms. The second-order valence-corrected chi connectivity index (χ2v) is 12.5. The van der Waals surface area contributed by atoms with E-state index in [-0.39, 0.29) is 19.8 Å². The van der Waals surface area contributed by atoms with E-state index >= 15 is 0 Å². The summed E-state index contributed by atoms with van der Waals surface area (Å²) in [5.41, 5.74) is 2.61. The van der Waals surface area contributed by atoms with E-state index in [1.165, 1.54) is 4.57 Å². The molecular formula is C41H45N3O8. The third-order valence-electron chi connectivity index (χ3n) is 9.26. The predicted molar refractivity (Wildman–Crippen MR) is 197 cm³/mol. The van der Waals surface area contributed by atoms with Gasteiger partial charge in [-0.05, 0) is 53.4 Å². The SMILES string of the molecule is COCCO[C@@H]1[C@H](O)[C@@H](COC(c2ccccc2)(c2ccc(OC)cc2)c2ccc(OC)cc2)O[C@H]1n1cc(C)c(NCc2ccccc2)nc1=O. The van der Waals surface area contributed by atoms with Crippen molar-refractivity contribution >= 4 is 5.82 Å². The molecule has 52 heavy (non-hydrogen) atoms. The molecule has 1 aliphatic heterocycles. The number of hydrogen-bond donors (Lipinski definition) is 2. The van der Waals surface area contributed by atoms with Crippen LogP contribution in [0, 0.1) is 6.92 Å². The van der Waals surface area contributed by atoms with Crippen molar-refractivity contribution in [3.8, 4) is 11.5 Å². The number of methoxy groups -OCH3 is 3. The van der Waals surface area contributed by atoms with Crippen LogP contribution in [0.1, 0.15) is 34.0 Å². The molecule has 0 bridgehead atoms. The monoisotopic (exact) mass is 707 g/mol. The summed E-state index contributed by atoms with van der Waals surface area (Å²) in [6.07, 6.45) is -2.28. The van der Waals surface area contributed by atoms with Gasteiger partial charge in [0.15, 0.2) is 6.23 Å². The number of hydrogen-bond acceptors (Lipinski definition) is 10. The molecule has 11 nitrogen and oxygen atoms in total. The van der Waals surface area contributed by atoms with Crippen molar-refractivity contribution in [2.24, 2.45) is 0 Å². The van der Waals surface area contributed by atoms with Crippen LogP contribution in [0.4, 0.5) is 5.82 Å². The summed E-state index contributed by atoms with van der Waals surface area (Å²) >= 11 is 0. The van der Waals surface area contributed by atoms with Gasteiger partial charge in [0.25, 0.3) is 0 Å². The van der Waals surface area contributed by atoms with Crippen molar-refractivity contribution < 1.29 is 33.5 Å². The van der Waals surface area contributed by atoms with Gasteiger partial charge in [0.2, 0.25) is 0 Å². The van der Waals surface area contributed by atoms with Gasteiger partial charge in [-0.25, -0.2) is 4.79 Å². The van der Waals surface area contributed by atoms with Crippen molar-refractivity contribution in [3.63, 3.8) is 0 Å². The average Bonchev–Trinajstić information content (AvgIpc) is 3.50. The van der Waals surface area contributed by atoms with Crippen LogP contribution < -0.4 is 20.5 Å². The number of aliphatic hydroxyl groups excluding tert-OH is 1. The molecule has 1 aromatic heterocycles. The Balaban J connectivity index is 1.34. The van der Waals surface area contributed by atoms with Crippen molar-refractivity contribution in [2.45, 2.75) is 43.6 Å². The second-order valence-electron chi connectivity index (χ2n) is 12.5. The molecule has 4 aromatic carbocycles. The number of nitrogens with zero attached hydrogens (tertiary/aromatic N) is 2. The van der Waals surface area contributed by atoms with Gasteiger partial charge in [-0.15, -0.1) is 0 Å². The molecule has 0 amide bonds. The average molecular weight is 708 g/mol. The summed E-state index contributed by atoms with van der Waals surface area (Å²) in [4.78, 5) is 17.9. The zero-order valence-corrected chi connectivity index (χ0v) is 29.8. The van der Waals surface area contributed by atoms with Crippen LogP contribution in [-0.2, 0) is 31.1 Å². The van der Waals surface area contributed by atoms with Crippen molar-refractivity contribution in [1.82, 2.24) is 9.55 Å². The molecule has 272 valence electrons. The number of ether oxygens (including phenoxy) is 6.